The number of pyridine rings is 1. The molecule has 0 spiro atoms. The first-order valence-corrected chi connectivity index (χ1v) is 7.16. The van der Waals surface area contributed by atoms with E-state index in [0.717, 1.165) is 4.88 Å². The van der Waals surface area contributed by atoms with Crippen molar-refractivity contribution in [1.29, 1.82) is 0 Å². The Labute approximate surface area is 118 Å². The van der Waals surface area contributed by atoms with Gasteiger partial charge in [-0.1, -0.05) is 0 Å². The minimum atomic E-state index is -0.166. The van der Waals surface area contributed by atoms with Crippen LogP contribution in [-0.2, 0) is 0 Å². The lowest BCUT2D eigenvalue weighted by molar-refractivity contribution is 0.0934. The Balaban J connectivity index is 2.10. The molecule has 0 bridgehead atoms. The van der Waals surface area contributed by atoms with Crippen LogP contribution in [0.15, 0.2) is 34.9 Å². The highest BCUT2D eigenvalue weighted by Crippen LogP contribution is 2.23. The third-order valence-corrected chi connectivity index (χ3v) is 4.33. The first-order valence-electron chi connectivity index (χ1n) is 5.55. The minimum absolute atomic E-state index is 0.00916. The van der Waals surface area contributed by atoms with E-state index in [1.807, 2.05) is 19.1 Å². The average Bonchev–Trinajstić information content (AvgIpc) is 2.76. The largest absolute Gasteiger partial charge is 0.343 e. The Morgan fingerprint density at radius 1 is 1.44 bits per heavy atom. The molecule has 0 saturated heterocycles. The molecule has 1 N–H and O–H groups in total. The maximum atomic E-state index is 12.1. The third-order valence-electron chi connectivity index (χ3n) is 2.51. The molecule has 0 aliphatic rings. The van der Waals surface area contributed by atoms with Crippen molar-refractivity contribution in [3.8, 4) is 0 Å². The van der Waals surface area contributed by atoms with Gasteiger partial charge in [0, 0.05) is 20.4 Å². The molecule has 2 aromatic heterocycles. The van der Waals surface area contributed by atoms with Gasteiger partial charge in [-0.15, -0.1) is 11.3 Å². The fourth-order valence-corrected chi connectivity index (χ4v) is 2.89. The number of amides is 1. The van der Waals surface area contributed by atoms with Gasteiger partial charge in [0.25, 0.3) is 5.91 Å². The zero-order valence-corrected chi connectivity index (χ0v) is 12.5. The molecule has 2 heterocycles. The quantitative estimate of drug-likeness (QED) is 0.935. The van der Waals surface area contributed by atoms with Crippen molar-refractivity contribution < 1.29 is 4.79 Å². The molecule has 0 fully saturated rings. The second-order valence-electron chi connectivity index (χ2n) is 3.98. The standard InChI is InChI=1S/C13H13BrN2OS/c1-8-5-6-11(18-8)9(2)16-13(17)12-10(14)4-3-7-15-12/h3-7,9H,1-2H3,(H,16,17). The predicted octanol–water partition coefficient (Wildman–Crippen LogP) is 3.71. The smallest absolute Gasteiger partial charge is 0.271 e. The third kappa shape index (κ3) is 2.97. The Morgan fingerprint density at radius 2 is 2.22 bits per heavy atom. The molecule has 5 heteroatoms. The number of hydrogen-bond donors (Lipinski definition) is 1. The van der Waals surface area contributed by atoms with Gasteiger partial charge in [-0.2, -0.15) is 0 Å². The topological polar surface area (TPSA) is 42.0 Å². The zero-order chi connectivity index (χ0) is 13.1. The summed E-state index contributed by atoms with van der Waals surface area (Å²) < 4.78 is 0.706. The number of nitrogens with one attached hydrogen (secondary N) is 1. The summed E-state index contributed by atoms with van der Waals surface area (Å²) in [5.74, 6) is -0.166. The van der Waals surface area contributed by atoms with Gasteiger partial charge in [-0.3, -0.25) is 4.79 Å². The maximum absolute atomic E-state index is 12.1. The molecule has 1 amide bonds. The van der Waals surface area contributed by atoms with Crippen molar-refractivity contribution in [3.63, 3.8) is 0 Å². The van der Waals surface area contributed by atoms with Crippen molar-refractivity contribution in [2.75, 3.05) is 0 Å². The summed E-state index contributed by atoms with van der Waals surface area (Å²) in [5, 5.41) is 2.95. The Kier molecular flexibility index (Phi) is 4.14. The molecule has 0 aromatic carbocycles. The molecule has 0 saturated carbocycles. The summed E-state index contributed by atoms with van der Waals surface area (Å²) in [5.41, 5.74) is 0.414. The van der Waals surface area contributed by atoms with Crippen LogP contribution in [0.4, 0.5) is 0 Å². The fraction of sp³-hybridized carbons (Fsp3) is 0.231. The van der Waals surface area contributed by atoms with E-state index in [4.69, 9.17) is 0 Å². The lowest BCUT2D eigenvalue weighted by atomic mass is 10.2. The van der Waals surface area contributed by atoms with Crippen LogP contribution in [0.1, 0.15) is 33.2 Å². The lowest BCUT2D eigenvalue weighted by Gasteiger charge is -2.12. The van der Waals surface area contributed by atoms with Gasteiger partial charge in [0.15, 0.2) is 0 Å². The van der Waals surface area contributed by atoms with E-state index in [1.54, 1.807) is 23.6 Å². The maximum Gasteiger partial charge on any atom is 0.271 e. The van der Waals surface area contributed by atoms with E-state index < -0.39 is 0 Å². The van der Waals surface area contributed by atoms with Crippen molar-refractivity contribution in [3.05, 3.63) is 50.4 Å². The number of rotatable bonds is 3. The van der Waals surface area contributed by atoms with Gasteiger partial charge in [-0.05, 0) is 54.0 Å². The van der Waals surface area contributed by atoms with Crippen molar-refractivity contribution >= 4 is 33.2 Å². The number of aryl methyl sites for hydroxylation is 1. The van der Waals surface area contributed by atoms with E-state index in [1.165, 1.54) is 4.88 Å². The number of aromatic nitrogens is 1. The number of halogens is 1. The van der Waals surface area contributed by atoms with E-state index in [-0.39, 0.29) is 11.9 Å². The number of carbonyl (C=O) groups is 1. The highest BCUT2D eigenvalue weighted by Gasteiger charge is 2.15. The highest BCUT2D eigenvalue weighted by molar-refractivity contribution is 9.10. The van der Waals surface area contributed by atoms with Gasteiger partial charge in [0.2, 0.25) is 0 Å². The highest BCUT2D eigenvalue weighted by atomic mass is 79.9. The Bertz CT molecular complexity index is 568. The zero-order valence-electron chi connectivity index (χ0n) is 10.1. The van der Waals surface area contributed by atoms with Crippen molar-refractivity contribution in [2.24, 2.45) is 0 Å². The van der Waals surface area contributed by atoms with Crippen molar-refractivity contribution in [1.82, 2.24) is 10.3 Å². The van der Waals surface area contributed by atoms with Crippen LogP contribution in [0.2, 0.25) is 0 Å². The van der Waals surface area contributed by atoms with Crippen LogP contribution in [0, 0.1) is 6.92 Å². The summed E-state index contributed by atoms with van der Waals surface area (Å²) >= 11 is 5.02. The summed E-state index contributed by atoms with van der Waals surface area (Å²) in [7, 11) is 0. The molecule has 94 valence electrons. The molecule has 1 atom stereocenters. The predicted molar refractivity (Wildman–Crippen MR) is 76.9 cm³/mol. The van der Waals surface area contributed by atoms with Gasteiger partial charge in [0.05, 0.1) is 6.04 Å². The van der Waals surface area contributed by atoms with Crippen LogP contribution in [-0.4, -0.2) is 10.9 Å². The molecule has 1 unspecified atom stereocenters. The van der Waals surface area contributed by atoms with Crippen LogP contribution in [0.5, 0.6) is 0 Å². The van der Waals surface area contributed by atoms with Crippen molar-refractivity contribution in [2.45, 2.75) is 19.9 Å². The SMILES string of the molecule is Cc1ccc(C(C)NC(=O)c2ncccc2Br)s1. The second kappa shape index (κ2) is 5.63. The fourth-order valence-electron chi connectivity index (χ4n) is 1.58. The van der Waals surface area contributed by atoms with Gasteiger partial charge >= 0.3 is 0 Å². The van der Waals surface area contributed by atoms with E-state index >= 15 is 0 Å². The molecule has 2 rings (SSSR count). The van der Waals surface area contributed by atoms with Crippen LogP contribution in [0.3, 0.4) is 0 Å². The molecule has 0 aliphatic heterocycles. The molecule has 0 radical (unpaired) electrons. The van der Waals surface area contributed by atoms with Gasteiger partial charge < -0.3 is 5.32 Å². The summed E-state index contributed by atoms with van der Waals surface area (Å²) in [4.78, 5) is 18.5. The van der Waals surface area contributed by atoms with Crippen LogP contribution in [0.25, 0.3) is 0 Å². The second-order valence-corrected chi connectivity index (χ2v) is 6.15. The summed E-state index contributed by atoms with van der Waals surface area (Å²) in [6.07, 6.45) is 1.61. The van der Waals surface area contributed by atoms with E-state index in [9.17, 15) is 4.79 Å². The number of hydrogen-bond acceptors (Lipinski definition) is 3. The molecule has 3 nitrogen and oxygen atoms in total. The van der Waals surface area contributed by atoms with Crippen LogP contribution >= 0.6 is 27.3 Å². The molecule has 18 heavy (non-hydrogen) atoms. The molecule has 2 aromatic rings. The number of nitrogens with zero attached hydrogens (tertiary/aromatic N) is 1. The molecule has 0 aliphatic carbocycles. The molecular formula is C13H13BrN2OS. The minimum Gasteiger partial charge on any atom is -0.343 e. The number of carbonyl (C=O) groups excluding carboxylic acids is 1. The monoisotopic (exact) mass is 324 g/mol. The Hall–Kier alpha value is -1.20. The first kappa shape index (κ1) is 13.2. The van der Waals surface area contributed by atoms with Gasteiger partial charge in [-0.25, -0.2) is 4.98 Å². The molecular weight excluding hydrogens is 312 g/mol. The summed E-state index contributed by atoms with van der Waals surface area (Å²) in [6.45, 7) is 4.03. The summed E-state index contributed by atoms with van der Waals surface area (Å²) in [6, 6.07) is 7.68. The normalized spacial score (nSPS) is 12.2. The lowest BCUT2D eigenvalue weighted by Crippen LogP contribution is -2.27. The Morgan fingerprint density at radius 3 is 2.83 bits per heavy atom. The van der Waals surface area contributed by atoms with E-state index in [0.29, 0.717) is 10.2 Å². The van der Waals surface area contributed by atoms with Gasteiger partial charge in [0.1, 0.15) is 5.69 Å². The first-order chi connectivity index (χ1) is 8.58. The average molecular weight is 325 g/mol. The van der Waals surface area contributed by atoms with Crippen LogP contribution < -0.4 is 5.32 Å². The number of thiophene rings is 1. The van der Waals surface area contributed by atoms with E-state index in [2.05, 4.69) is 39.2 Å².